The standard InChI is InChI=1S/C30H31FNO8P/c1-6-37-30(33)28-24-10-8-7-9-23(24)26-17-21(31)13-16-25(26)27(28)29(20-11-14-22(15-12-20)32(34)35)40-41(36,38-18(2)3)39-19(4)5/h7-19,29H,6H2,1-5H3. The smallest absolute Gasteiger partial charge is 0.462 e. The molecule has 0 saturated heterocycles. The van der Waals surface area contributed by atoms with Crippen molar-refractivity contribution in [3.05, 3.63) is 99.4 Å². The first-order valence-corrected chi connectivity index (χ1v) is 14.6. The van der Waals surface area contributed by atoms with Crippen LogP contribution in [0.4, 0.5) is 10.1 Å². The number of ether oxygens (including phenoxy) is 1. The average Bonchev–Trinajstić information content (AvgIpc) is 2.90. The number of nitro benzene ring substituents is 1. The van der Waals surface area contributed by atoms with Crippen LogP contribution < -0.4 is 0 Å². The summed E-state index contributed by atoms with van der Waals surface area (Å²) in [6.07, 6.45) is -2.44. The van der Waals surface area contributed by atoms with E-state index >= 15 is 0 Å². The summed E-state index contributed by atoms with van der Waals surface area (Å²) in [4.78, 5) is 24.5. The van der Waals surface area contributed by atoms with E-state index in [2.05, 4.69) is 0 Å². The number of fused-ring (bicyclic) bond motifs is 3. The molecule has 0 aromatic heterocycles. The Morgan fingerprint density at radius 1 is 0.878 bits per heavy atom. The predicted octanol–water partition coefficient (Wildman–Crippen LogP) is 8.28. The summed E-state index contributed by atoms with van der Waals surface area (Å²) in [5.41, 5.74) is 0.488. The van der Waals surface area contributed by atoms with Crippen molar-refractivity contribution in [1.82, 2.24) is 0 Å². The third-order valence-electron chi connectivity index (χ3n) is 6.09. The molecule has 1 unspecified atom stereocenters. The third-order valence-corrected chi connectivity index (χ3v) is 7.92. The second kappa shape index (κ2) is 12.4. The van der Waals surface area contributed by atoms with E-state index in [1.807, 2.05) is 0 Å². The highest BCUT2D eigenvalue weighted by Crippen LogP contribution is 2.57. The Morgan fingerprint density at radius 3 is 2.05 bits per heavy atom. The summed E-state index contributed by atoms with van der Waals surface area (Å²) < 4.78 is 51.7. The lowest BCUT2D eigenvalue weighted by Crippen LogP contribution is -2.18. The highest BCUT2D eigenvalue weighted by molar-refractivity contribution is 7.48. The van der Waals surface area contributed by atoms with E-state index in [-0.39, 0.29) is 23.4 Å². The first kappa shape index (κ1) is 30.3. The topological polar surface area (TPSA) is 114 Å². The summed E-state index contributed by atoms with van der Waals surface area (Å²) >= 11 is 0. The minimum atomic E-state index is -4.32. The highest BCUT2D eigenvalue weighted by Gasteiger charge is 2.38. The van der Waals surface area contributed by atoms with E-state index in [0.717, 1.165) is 0 Å². The van der Waals surface area contributed by atoms with Crippen LogP contribution in [0.5, 0.6) is 0 Å². The van der Waals surface area contributed by atoms with Crippen molar-refractivity contribution >= 4 is 41.0 Å². The van der Waals surface area contributed by atoms with Gasteiger partial charge in [0.1, 0.15) is 11.9 Å². The van der Waals surface area contributed by atoms with E-state index in [4.69, 9.17) is 18.3 Å². The van der Waals surface area contributed by atoms with Crippen LogP contribution in [0, 0.1) is 15.9 Å². The molecular weight excluding hydrogens is 552 g/mol. The van der Waals surface area contributed by atoms with Crippen LogP contribution in [0.1, 0.15) is 62.2 Å². The van der Waals surface area contributed by atoms with Gasteiger partial charge < -0.3 is 4.74 Å². The van der Waals surface area contributed by atoms with E-state index in [9.17, 15) is 23.9 Å². The van der Waals surface area contributed by atoms with Crippen LogP contribution in [0.15, 0.2) is 66.7 Å². The van der Waals surface area contributed by atoms with Gasteiger partial charge in [0.15, 0.2) is 0 Å². The van der Waals surface area contributed by atoms with Gasteiger partial charge in [-0.15, -0.1) is 0 Å². The number of halogens is 1. The molecule has 216 valence electrons. The number of rotatable bonds is 11. The molecule has 0 aliphatic heterocycles. The fourth-order valence-electron chi connectivity index (χ4n) is 4.66. The van der Waals surface area contributed by atoms with Gasteiger partial charge in [-0.25, -0.2) is 13.8 Å². The van der Waals surface area contributed by atoms with Crippen molar-refractivity contribution < 1.29 is 37.0 Å². The van der Waals surface area contributed by atoms with E-state index in [1.165, 1.54) is 42.5 Å². The summed E-state index contributed by atoms with van der Waals surface area (Å²) in [6, 6.07) is 16.5. The Hall–Kier alpha value is -3.69. The molecule has 0 radical (unpaired) electrons. The van der Waals surface area contributed by atoms with Gasteiger partial charge in [-0.3, -0.25) is 23.7 Å². The van der Waals surface area contributed by atoms with Crippen LogP contribution in [0.3, 0.4) is 0 Å². The number of benzene rings is 4. The van der Waals surface area contributed by atoms with Crippen molar-refractivity contribution in [3.63, 3.8) is 0 Å². The largest absolute Gasteiger partial charge is 0.476 e. The van der Waals surface area contributed by atoms with Gasteiger partial charge in [-0.05, 0) is 86.0 Å². The molecule has 0 aliphatic rings. The Bertz CT molecular complexity index is 1620. The van der Waals surface area contributed by atoms with Crippen molar-refractivity contribution in [1.29, 1.82) is 0 Å². The van der Waals surface area contributed by atoms with Gasteiger partial charge in [-0.2, -0.15) is 0 Å². The van der Waals surface area contributed by atoms with E-state index < -0.39 is 42.8 Å². The predicted molar refractivity (Wildman–Crippen MR) is 153 cm³/mol. The number of carbonyl (C=O) groups excluding carboxylic acids is 1. The molecule has 0 spiro atoms. The van der Waals surface area contributed by atoms with Gasteiger partial charge in [0, 0.05) is 17.7 Å². The molecule has 41 heavy (non-hydrogen) atoms. The molecule has 4 aromatic rings. The molecular formula is C30H31FNO8P. The number of nitro groups is 1. The summed E-state index contributed by atoms with van der Waals surface area (Å²) in [6.45, 7) is 8.40. The van der Waals surface area contributed by atoms with Crippen molar-refractivity contribution in [2.45, 2.75) is 52.9 Å². The number of carbonyl (C=O) groups is 1. The molecule has 0 N–H and O–H groups in total. The zero-order valence-corrected chi connectivity index (χ0v) is 24.2. The number of phosphoric acid groups is 1. The molecule has 0 saturated carbocycles. The van der Waals surface area contributed by atoms with Gasteiger partial charge in [0.2, 0.25) is 0 Å². The minimum absolute atomic E-state index is 0.0719. The lowest BCUT2D eigenvalue weighted by molar-refractivity contribution is -0.384. The van der Waals surface area contributed by atoms with Crippen molar-refractivity contribution in [2.24, 2.45) is 0 Å². The average molecular weight is 584 g/mol. The normalized spacial score (nSPS) is 12.8. The van der Waals surface area contributed by atoms with Gasteiger partial charge in [-0.1, -0.05) is 30.3 Å². The van der Waals surface area contributed by atoms with Crippen molar-refractivity contribution in [3.8, 4) is 0 Å². The number of hydrogen-bond donors (Lipinski definition) is 0. The fraction of sp³-hybridized carbons (Fsp3) is 0.300. The van der Waals surface area contributed by atoms with Gasteiger partial charge in [0.05, 0.1) is 29.3 Å². The Labute approximate surface area is 236 Å². The number of non-ortho nitro benzene ring substituents is 1. The number of phosphoric ester groups is 1. The second-order valence-electron chi connectivity index (χ2n) is 9.83. The van der Waals surface area contributed by atoms with E-state index in [0.29, 0.717) is 27.1 Å². The fourth-order valence-corrected chi connectivity index (χ4v) is 6.32. The Balaban J connectivity index is 2.13. The second-order valence-corrected chi connectivity index (χ2v) is 11.4. The lowest BCUT2D eigenvalue weighted by atomic mass is 9.86. The summed E-state index contributed by atoms with van der Waals surface area (Å²) in [5.74, 6) is -1.17. The zero-order chi connectivity index (χ0) is 29.9. The molecule has 4 rings (SSSR count). The molecule has 0 aliphatic carbocycles. The summed E-state index contributed by atoms with van der Waals surface area (Å²) in [7, 11) is -4.32. The number of hydrogen-bond acceptors (Lipinski definition) is 8. The maximum absolute atomic E-state index is 14.6. The lowest BCUT2D eigenvalue weighted by Gasteiger charge is -2.29. The minimum Gasteiger partial charge on any atom is -0.462 e. The first-order chi connectivity index (χ1) is 19.4. The monoisotopic (exact) mass is 583 g/mol. The highest BCUT2D eigenvalue weighted by atomic mass is 31.2. The Kier molecular flexibility index (Phi) is 9.19. The van der Waals surface area contributed by atoms with E-state index in [1.54, 1.807) is 58.9 Å². The molecule has 4 aromatic carbocycles. The first-order valence-electron chi connectivity index (χ1n) is 13.1. The van der Waals surface area contributed by atoms with Crippen LogP contribution in [0.25, 0.3) is 21.5 Å². The number of esters is 1. The molecule has 1 atom stereocenters. The van der Waals surface area contributed by atoms with Crippen molar-refractivity contribution in [2.75, 3.05) is 6.61 Å². The number of nitrogens with zero attached hydrogens (tertiary/aromatic N) is 1. The quantitative estimate of drug-likeness (QED) is 0.0570. The summed E-state index contributed by atoms with van der Waals surface area (Å²) in [5, 5.41) is 13.3. The van der Waals surface area contributed by atoms with Gasteiger partial charge in [0.25, 0.3) is 5.69 Å². The third kappa shape index (κ3) is 6.63. The Morgan fingerprint density at radius 2 is 1.49 bits per heavy atom. The van der Waals surface area contributed by atoms with Crippen LogP contribution in [-0.2, 0) is 22.9 Å². The zero-order valence-electron chi connectivity index (χ0n) is 23.3. The molecule has 0 bridgehead atoms. The van der Waals surface area contributed by atoms with Crippen LogP contribution >= 0.6 is 7.82 Å². The molecule has 9 nitrogen and oxygen atoms in total. The maximum Gasteiger partial charge on any atom is 0.476 e. The van der Waals surface area contributed by atoms with Crippen LogP contribution in [-0.4, -0.2) is 29.7 Å². The SMILES string of the molecule is CCOC(=O)c1c(C(OP(=O)(OC(C)C)OC(C)C)c2ccc([N+](=O)[O-])cc2)c2ccc(F)cc2c2ccccc12. The molecule has 0 fully saturated rings. The molecule has 0 amide bonds. The maximum atomic E-state index is 14.6. The molecule has 0 heterocycles. The van der Waals surface area contributed by atoms with Gasteiger partial charge >= 0.3 is 13.8 Å². The van der Waals surface area contributed by atoms with Crippen LogP contribution in [0.2, 0.25) is 0 Å². The molecule has 11 heteroatoms.